The van der Waals surface area contributed by atoms with Crippen molar-refractivity contribution < 1.29 is 63.0 Å². The number of aliphatic hydroxyl groups excluding tert-OH is 1. The third kappa shape index (κ3) is 26.8. The number of para-hydroxylation sites is 1. The van der Waals surface area contributed by atoms with Crippen LogP contribution in [0.25, 0.3) is 10.9 Å². The van der Waals surface area contributed by atoms with Crippen molar-refractivity contribution in [1.29, 1.82) is 0 Å². The number of aliphatic imine (C=N–C) groups is 1. The number of rotatable bonds is 45. The highest BCUT2D eigenvalue weighted by Crippen LogP contribution is 2.22. The molecule has 1 aliphatic rings. The number of nitrogens with zero attached hydrogens (tertiary/aromatic N) is 2. The third-order valence-corrected chi connectivity index (χ3v) is 15.5. The Morgan fingerprint density at radius 1 is 0.582 bits per heavy atom. The number of aliphatic carboxylic acids is 1. The molecular weight excluding hydrogens is 1180 g/mol. The molecule has 0 radical (unpaired) electrons. The van der Waals surface area contributed by atoms with Crippen LogP contribution in [0, 0.1) is 5.92 Å². The van der Waals surface area contributed by atoms with Crippen LogP contribution in [-0.2, 0) is 59.2 Å². The Labute approximate surface area is 530 Å². The van der Waals surface area contributed by atoms with E-state index < -0.39 is 138 Å². The minimum Gasteiger partial charge on any atom is -0.480 e. The predicted octanol–water partition coefficient (Wildman–Crippen LogP) is -4.52. The van der Waals surface area contributed by atoms with Gasteiger partial charge in [-0.05, 0) is 159 Å². The molecule has 2 aromatic rings. The number of likely N-dealkylation sites (tertiary alicyclic amines) is 1. The molecule has 91 heavy (non-hydrogen) atoms. The molecule has 10 amide bonds. The topological polar surface area (TPSA) is 564 Å². The van der Waals surface area contributed by atoms with E-state index in [1.807, 2.05) is 24.3 Å². The lowest BCUT2D eigenvalue weighted by atomic mass is 10.0. The number of amides is 10. The number of hydrogen-bond acceptors (Lipinski definition) is 18. The van der Waals surface area contributed by atoms with Gasteiger partial charge in [0.25, 0.3) is 0 Å². The van der Waals surface area contributed by atoms with Crippen LogP contribution >= 0.6 is 0 Å². The molecule has 2 heterocycles. The Kier molecular flexibility index (Phi) is 35.1. The summed E-state index contributed by atoms with van der Waals surface area (Å²) >= 11 is 0. The van der Waals surface area contributed by atoms with Gasteiger partial charge in [-0.1, -0.05) is 32.0 Å². The molecule has 1 saturated heterocycles. The van der Waals surface area contributed by atoms with Crippen LogP contribution in [0.2, 0.25) is 0 Å². The number of carboxylic acid groups (broad SMARTS) is 1. The fourth-order valence-electron chi connectivity index (χ4n) is 10.4. The van der Waals surface area contributed by atoms with Gasteiger partial charge in [0.1, 0.15) is 54.4 Å². The molecule has 1 aromatic heterocycles. The Morgan fingerprint density at radius 3 is 1.47 bits per heavy atom. The lowest BCUT2D eigenvalue weighted by Gasteiger charge is -2.31. The van der Waals surface area contributed by atoms with Crippen molar-refractivity contribution in [3.63, 3.8) is 0 Å². The molecule has 1 aromatic carbocycles. The van der Waals surface area contributed by atoms with Crippen molar-refractivity contribution >= 4 is 81.9 Å². The number of unbranched alkanes of at least 4 members (excludes halogenated alkanes) is 4. The zero-order chi connectivity index (χ0) is 67.6. The largest absolute Gasteiger partial charge is 0.480 e. The molecule has 0 saturated carbocycles. The van der Waals surface area contributed by atoms with Crippen molar-refractivity contribution in [3.8, 4) is 0 Å². The normalized spacial score (nSPS) is 15.9. The molecule has 32 nitrogen and oxygen atoms in total. The third-order valence-electron chi connectivity index (χ3n) is 15.5. The summed E-state index contributed by atoms with van der Waals surface area (Å²) in [5.74, 6) is -10.1. The van der Waals surface area contributed by atoms with Crippen LogP contribution in [0.5, 0.6) is 0 Å². The summed E-state index contributed by atoms with van der Waals surface area (Å²) < 4.78 is 0. The molecule has 0 unspecified atom stereocenters. The Hall–Kier alpha value is -8.04. The van der Waals surface area contributed by atoms with E-state index in [2.05, 4.69) is 52.5 Å². The summed E-state index contributed by atoms with van der Waals surface area (Å²) in [4.78, 5) is 160. The first kappa shape index (κ1) is 77.2. The number of carbonyl (C=O) groups excluding carboxylic acids is 10. The number of aromatic amines is 1. The summed E-state index contributed by atoms with van der Waals surface area (Å²) in [6.07, 6.45) is 4.81. The first-order valence-corrected chi connectivity index (χ1v) is 31.4. The second kappa shape index (κ2) is 41.4. The summed E-state index contributed by atoms with van der Waals surface area (Å²) in [6.45, 7) is 3.35. The van der Waals surface area contributed by atoms with E-state index in [0.717, 1.165) is 16.5 Å². The van der Waals surface area contributed by atoms with Gasteiger partial charge in [0.2, 0.25) is 59.1 Å². The minimum absolute atomic E-state index is 0.0122. The van der Waals surface area contributed by atoms with E-state index in [0.29, 0.717) is 57.8 Å². The summed E-state index contributed by atoms with van der Waals surface area (Å²) in [7, 11) is 0. The van der Waals surface area contributed by atoms with Gasteiger partial charge in [-0.25, -0.2) is 4.79 Å². The van der Waals surface area contributed by atoms with Crippen LogP contribution < -0.4 is 88.4 Å². The first-order chi connectivity index (χ1) is 43.4. The number of fused-ring (bicyclic) bond motifs is 1. The van der Waals surface area contributed by atoms with E-state index in [1.165, 1.54) is 4.90 Å². The van der Waals surface area contributed by atoms with Crippen molar-refractivity contribution in [2.45, 2.75) is 196 Å². The number of hydrogen-bond donors (Lipinski definition) is 19. The first-order valence-electron chi connectivity index (χ1n) is 31.4. The number of primary amides is 1. The van der Waals surface area contributed by atoms with Gasteiger partial charge < -0.3 is 109 Å². The number of carbonyl (C=O) groups is 11. The lowest BCUT2D eigenvalue weighted by molar-refractivity contribution is -0.143. The number of aliphatic hydroxyl groups is 1. The smallest absolute Gasteiger partial charge is 0.326 e. The maximum atomic E-state index is 14.5. The van der Waals surface area contributed by atoms with E-state index in [4.69, 9.17) is 45.9 Å². The maximum absolute atomic E-state index is 14.5. The van der Waals surface area contributed by atoms with Gasteiger partial charge in [-0.15, -0.1) is 0 Å². The molecule has 1 aliphatic heterocycles. The van der Waals surface area contributed by atoms with Crippen molar-refractivity contribution in [2.75, 3.05) is 45.9 Å². The van der Waals surface area contributed by atoms with Crippen LogP contribution in [-0.4, -0.2) is 197 Å². The molecule has 1 fully saturated rings. The monoisotopic (exact) mass is 1280 g/mol. The van der Waals surface area contributed by atoms with Crippen LogP contribution in [0.15, 0.2) is 35.5 Å². The number of aromatic nitrogens is 1. The number of nitrogens with two attached hydrogens (primary N) is 8. The number of H-pyrrole nitrogens is 1. The molecule has 10 atom stereocenters. The molecule has 0 bridgehead atoms. The van der Waals surface area contributed by atoms with Crippen molar-refractivity contribution in [2.24, 2.45) is 56.8 Å². The fraction of sp³-hybridized carbons (Fsp3) is 0.661. The van der Waals surface area contributed by atoms with E-state index in [-0.39, 0.29) is 109 Å². The van der Waals surface area contributed by atoms with E-state index >= 15 is 0 Å². The van der Waals surface area contributed by atoms with Crippen LogP contribution in [0.3, 0.4) is 0 Å². The number of guanidine groups is 1. The summed E-state index contributed by atoms with van der Waals surface area (Å²) in [5.41, 5.74) is 47.5. The number of benzene rings is 1. The van der Waals surface area contributed by atoms with Crippen molar-refractivity contribution in [1.82, 2.24) is 52.4 Å². The number of carboxylic acids is 1. The lowest BCUT2D eigenvalue weighted by Crippen LogP contribution is -2.60. The van der Waals surface area contributed by atoms with E-state index in [1.54, 1.807) is 20.0 Å². The van der Waals surface area contributed by atoms with Gasteiger partial charge >= 0.3 is 5.97 Å². The minimum atomic E-state index is -1.59. The maximum Gasteiger partial charge on any atom is 0.326 e. The van der Waals surface area contributed by atoms with Crippen LogP contribution in [0.1, 0.15) is 135 Å². The Morgan fingerprint density at radius 2 is 1.02 bits per heavy atom. The molecular formula is C59H101N19O13. The highest BCUT2D eigenvalue weighted by molar-refractivity contribution is 5.99. The Bertz CT molecular complexity index is 2730. The Balaban J connectivity index is 1.88. The van der Waals surface area contributed by atoms with Gasteiger partial charge in [-0.3, -0.25) is 52.9 Å². The molecule has 27 N–H and O–H groups in total. The molecule has 3 rings (SSSR count). The SMILES string of the molecule is CC(C)[C@H](NC(=O)[C@H](CCCCN)NC(=O)[C@H](CCCN=C(N)N)NC(=O)[C@H](CCCCN)NC(=O)[C@H](CCCCN)NC(=O)[C@H](CCCCN)NC(=O)[C@@H]1CCCN1C(=O)[C@H](CCC(N)=O)NC(=O)[C@H](CO)NC(=O)[C@@H](N)Cc1c[nH]c2ccccc12)C(=O)O. The van der Waals surface area contributed by atoms with E-state index in [9.17, 15) is 63.0 Å². The predicted molar refractivity (Wildman–Crippen MR) is 340 cm³/mol. The quantitative estimate of drug-likeness (QED) is 0.0169. The molecule has 0 aliphatic carbocycles. The zero-order valence-electron chi connectivity index (χ0n) is 52.5. The van der Waals surface area contributed by atoms with Gasteiger partial charge in [0, 0.05) is 36.6 Å². The fourth-order valence-corrected chi connectivity index (χ4v) is 10.4. The van der Waals surface area contributed by atoms with Gasteiger partial charge in [-0.2, -0.15) is 0 Å². The highest BCUT2D eigenvalue weighted by atomic mass is 16.4. The highest BCUT2D eigenvalue weighted by Gasteiger charge is 2.41. The average Bonchev–Trinajstić information content (AvgIpc) is 1.81. The van der Waals surface area contributed by atoms with Crippen LogP contribution in [0.4, 0.5) is 0 Å². The molecule has 32 heteroatoms. The second-order valence-electron chi connectivity index (χ2n) is 23.1. The van der Waals surface area contributed by atoms with Gasteiger partial charge in [0.15, 0.2) is 5.96 Å². The summed E-state index contributed by atoms with van der Waals surface area (Å²) in [5, 5.41) is 42.0. The van der Waals surface area contributed by atoms with Crippen molar-refractivity contribution in [3.05, 3.63) is 36.0 Å². The summed E-state index contributed by atoms with van der Waals surface area (Å²) in [6, 6.07) is -5.91. The molecule has 0 spiro atoms. The average molecular weight is 1280 g/mol. The standard InChI is InChI=1S/C59H101N19O13/c1-34(2)48(58(90)91)77-54(86)42(20-8-12-28-63)72-53(85)43(21-13-29-68-59(66)67)73-51(83)40(18-6-10-26-61)70-50(82)39(17-5-9-25-60)71-52(84)41(19-7-11-27-62)74-56(88)46-22-14-30-78(46)57(89)44(23-24-47(65)80)75-55(87)45(33-79)76-49(81)37(64)31-35-32-69-38-16-4-3-15-36(35)38/h3-4,15-16,32,34,37,39-46,48,69,79H,5-14,17-31,33,60-64H2,1-2H3,(H2,65,80)(H,70,82)(H,71,84)(H,72,85)(H,73,83)(H,74,88)(H,75,87)(H,76,81)(H,77,86)(H,90,91)(H4,66,67,68)/t37-,39-,40-,41-,42-,43-,44-,45-,46-,48-/m0/s1. The zero-order valence-corrected chi connectivity index (χ0v) is 52.5. The number of nitrogens with one attached hydrogen (secondary N) is 9. The second-order valence-corrected chi connectivity index (χ2v) is 23.1. The molecule has 510 valence electrons. The van der Waals surface area contributed by atoms with Gasteiger partial charge in [0.05, 0.1) is 12.6 Å².